The summed E-state index contributed by atoms with van der Waals surface area (Å²) in [6.45, 7) is 1.66. The zero-order chi connectivity index (χ0) is 9.42. The van der Waals surface area contributed by atoms with Crippen molar-refractivity contribution in [1.29, 1.82) is 0 Å². The Bertz CT molecular complexity index is 338. The number of hydrogen-bond acceptors (Lipinski definition) is 1. The molecule has 1 aliphatic heterocycles. The third-order valence-corrected chi connectivity index (χ3v) is 2.78. The fraction of sp³-hybridized carbons (Fsp3) is 0.400. The molecule has 0 saturated heterocycles. The molecular formula is C10H11ClFN. The van der Waals surface area contributed by atoms with Crippen molar-refractivity contribution in [1.82, 2.24) is 4.90 Å². The topological polar surface area (TPSA) is 3.24 Å². The third kappa shape index (κ3) is 1.56. The van der Waals surface area contributed by atoms with Gasteiger partial charge in [0.2, 0.25) is 0 Å². The smallest absolute Gasteiger partial charge is 0.146 e. The van der Waals surface area contributed by atoms with E-state index in [1.54, 1.807) is 6.07 Å². The molecule has 1 aromatic carbocycles. The normalized spacial score (nSPS) is 17.2. The van der Waals surface area contributed by atoms with E-state index in [4.69, 9.17) is 11.6 Å². The molecule has 0 amide bonds. The standard InChI is InChI=1S/C10H11ClFN/c1-13-5-4-7-2-3-9(11)10(12)8(7)6-13/h2-3H,4-6H2,1H3. The lowest BCUT2D eigenvalue weighted by molar-refractivity contribution is 0.306. The first-order valence-corrected chi connectivity index (χ1v) is 4.70. The maximum Gasteiger partial charge on any atom is 0.146 e. The largest absolute Gasteiger partial charge is 0.302 e. The van der Waals surface area contributed by atoms with E-state index in [9.17, 15) is 4.39 Å². The SMILES string of the molecule is CN1CCc2ccc(Cl)c(F)c2C1. The van der Waals surface area contributed by atoms with Crippen LogP contribution < -0.4 is 0 Å². The summed E-state index contributed by atoms with van der Waals surface area (Å²) in [5.41, 5.74) is 1.86. The van der Waals surface area contributed by atoms with Crippen molar-refractivity contribution in [3.8, 4) is 0 Å². The monoisotopic (exact) mass is 199 g/mol. The molecule has 0 bridgehead atoms. The first-order valence-electron chi connectivity index (χ1n) is 4.33. The minimum Gasteiger partial charge on any atom is -0.302 e. The summed E-state index contributed by atoms with van der Waals surface area (Å²) >= 11 is 5.70. The van der Waals surface area contributed by atoms with Crippen molar-refractivity contribution >= 4 is 11.6 Å². The number of rotatable bonds is 0. The average Bonchev–Trinajstić information content (AvgIpc) is 2.12. The van der Waals surface area contributed by atoms with Crippen LogP contribution in [-0.2, 0) is 13.0 Å². The summed E-state index contributed by atoms with van der Waals surface area (Å²) < 4.78 is 13.5. The molecule has 0 atom stereocenters. The Morgan fingerprint density at radius 1 is 1.46 bits per heavy atom. The minimum atomic E-state index is -0.245. The first-order chi connectivity index (χ1) is 6.18. The van der Waals surface area contributed by atoms with E-state index in [1.807, 2.05) is 13.1 Å². The Balaban J connectivity index is 2.48. The molecule has 0 saturated carbocycles. The highest BCUT2D eigenvalue weighted by atomic mass is 35.5. The summed E-state index contributed by atoms with van der Waals surface area (Å²) in [5.74, 6) is -0.245. The lowest BCUT2D eigenvalue weighted by Gasteiger charge is -2.25. The van der Waals surface area contributed by atoms with Gasteiger partial charge in [0.05, 0.1) is 5.02 Å². The van der Waals surface area contributed by atoms with Crippen LogP contribution in [0.15, 0.2) is 12.1 Å². The fourth-order valence-electron chi connectivity index (χ4n) is 1.70. The first kappa shape index (κ1) is 8.97. The van der Waals surface area contributed by atoms with Crippen LogP contribution in [0.4, 0.5) is 4.39 Å². The van der Waals surface area contributed by atoms with Gasteiger partial charge in [0.1, 0.15) is 5.82 Å². The van der Waals surface area contributed by atoms with E-state index in [0.717, 1.165) is 24.1 Å². The maximum absolute atomic E-state index is 13.5. The van der Waals surface area contributed by atoms with Crippen LogP contribution in [0.1, 0.15) is 11.1 Å². The number of fused-ring (bicyclic) bond motifs is 1. The van der Waals surface area contributed by atoms with Crippen LogP contribution in [0.3, 0.4) is 0 Å². The van der Waals surface area contributed by atoms with Gasteiger partial charge in [-0.1, -0.05) is 17.7 Å². The Hall–Kier alpha value is -0.600. The molecule has 2 rings (SSSR count). The molecule has 0 aromatic heterocycles. The van der Waals surface area contributed by atoms with Crippen molar-refractivity contribution in [2.24, 2.45) is 0 Å². The van der Waals surface area contributed by atoms with Crippen molar-refractivity contribution in [2.45, 2.75) is 13.0 Å². The van der Waals surface area contributed by atoms with Crippen LogP contribution in [0.2, 0.25) is 5.02 Å². The summed E-state index contributed by atoms with van der Waals surface area (Å²) in [6, 6.07) is 3.56. The third-order valence-electron chi connectivity index (χ3n) is 2.48. The number of nitrogens with zero attached hydrogens (tertiary/aromatic N) is 1. The molecule has 1 nitrogen and oxygen atoms in total. The number of halogens is 2. The van der Waals surface area contributed by atoms with Gasteiger partial charge in [0.15, 0.2) is 0 Å². The molecule has 1 aliphatic rings. The van der Waals surface area contributed by atoms with E-state index < -0.39 is 0 Å². The van der Waals surface area contributed by atoms with E-state index in [-0.39, 0.29) is 10.8 Å². The van der Waals surface area contributed by atoms with Gasteiger partial charge >= 0.3 is 0 Å². The van der Waals surface area contributed by atoms with Crippen molar-refractivity contribution in [3.05, 3.63) is 34.1 Å². The Labute approximate surface area is 82.1 Å². The predicted molar refractivity (Wildman–Crippen MR) is 51.4 cm³/mol. The van der Waals surface area contributed by atoms with Crippen LogP contribution in [0, 0.1) is 5.82 Å². The Morgan fingerprint density at radius 3 is 3.00 bits per heavy atom. The van der Waals surface area contributed by atoms with E-state index in [2.05, 4.69) is 4.90 Å². The summed E-state index contributed by atoms with van der Waals surface area (Å²) in [6.07, 6.45) is 0.917. The van der Waals surface area contributed by atoms with Gasteiger partial charge in [-0.3, -0.25) is 0 Å². The van der Waals surface area contributed by atoms with Gasteiger partial charge in [-0.15, -0.1) is 0 Å². The molecule has 0 spiro atoms. The van der Waals surface area contributed by atoms with E-state index >= 15 is 0 Å². The van der Waals surface area contributed by atoms with Gasteiger partial charge in [-0.25, -0.2) is 4.39 Å². The van der Waals surface area contributed by atoms with Gasteiger partial charge in [0, 0.05) is 18.7 Å². The second-order valence-electron chi connectivity index (χ2n) is 3.49. The van der Waals surface area contributed by atoms with Gasteiger partial charge in [0.25, 0.3) is 0 Å². The molecule has 70 valence electrons. The summed E-state index contributed by atoms with van der Waals surface area (Å²) in [5, 5.41) is 0.231. The van der Waals surface area contributed by atoms with Gasteiger partial charge in [-0.05, 0) is 25.1 Å². The van der Waals surface area contributed by atoms with E-state index in [1.165, 1.54) is 0 Å². The highest BCUT2D eigenvalue weighted by Gasteiger charge is 2.18. The lowest BCUT2D eigenvalue weighted by Crippen LogP contribution is -2.27. The fourth-order valence-corrected chi connectivity index (χ4v) is 1.88. The molecule has 1 heterocycles. The highest BCUT2D eigenvalue weighted by molar-refractivity contribution is 6.30. The predicted octanol–water partition coefficient (Wildman–Crippen LogP) is 2.47. The molecule has 0 N–H and O–H groups in total. The summed E-state index contributed by atoms with van der Waals surface area (Å²) in [4.78, 5) is 2.10. The maximum atomic E-state index is 13.5. The Morgan fingerprint density at radius 2 is 2.23 bits per heavy atom. The van der Waals surface area contributed by atoms with Crippen molar-refractivity contribution in [3.63, 3.8) is 0 Å². The molecule has 0 fully saturated rings. The quantitative estimate of drug-likeness (QED) is 0.621. The van der Waals surface area contributed by atoms with Gasteiger partial charge in [-0.2, -0.15) is 0 Å². The molecule has 0 unspecified atom stereocenters. The summed E-state index contributed by atoms with van der Waals surface area (Å²) in [7, 11) is 1.99. The van der Waals surface area contributed by atoms with Crippen LogP contribution >= 0.6 is 11.6 Å². The van der Waals surface area contributed by atoms with Crippen molar-refractivity contribution < 1.29 is 4.39 Å². The lowest BCUT2D eigenvalue weighted by atomic mass is 10.00. The van der Waals surface area contributed by atoms with Gasteiger partial charge < -0.3 is 4.90 Å². The molecule has 1 aromatic rings. The molecule has 0 radical (unpaired) electrons. The second kappa shape index (κ2) is 3.28. The van der Waals surface area contributed by atoms with E-state index in [0.29, 0.717) is 6.54 Å². The second-order valence-corrected chi connectivity index (χ2v) is 3.89. The van der Waals surface area contributed by atoms with Crippen LogP contribution in [-0.4, -0.2) is 18.5 Å². The minimum absolute atomic E-state index is 0.231. The molecular weight excluding hydrogens is 189 g/mol. The van der Waals surface area contributed by atoms with Crippen molar-refractivity contribution in [2.75, 3.05) is 13.6 Å². The van der Waals surface area contributed by atoms with Crippen LogP contribution in [0.25, 0.3) is 0 Å². The highest BCUT2D eigenvalue weighted by Crippen LogP contribution is 2.26. The zero-order valence-electron chi connectivity index (χ0n) is 7.48. The number of benzene rings is 1. The zero-order valence-corrected chi connectivity index (χ0v) is 8.24. The molecule has 0 aliphatic carbocycles. The number of likely N-dealkylation sites (N-methyl/N-ethyl adjacent to an activating group) is 1. The Kier molecular flexibility index (Phi) is 2.26. The molecule has 3 heteroatoms. The van der Waals surface area contributed by atoms with Crippen LogP contribution in [0.5, 0.6) is 0 Å². The average molecular weight is 200 g/mol. The molecule has 13 heavy (non-hydrogen) atoms. The number of hydrogen-bond donors (Lipinski definition) is 0.